The number of ketones is 1. The number of hydrogen-bond donors (Lipinski definition) is 3. The van der Waals surface area contributed by atoms with Crippen LogP contribution >= 0.6 is 22.6 Å². The largest absolute Gasteiger partial charge is 0.507 e. The van der Waals surface area contributed by atoms with Gasteiger partial charge in [0.1, 0.15) is 17.1 Å². The van der Waals surface area contributed by atoms with Crippen molar-refractivity contribution in [3.05, 3.63) is 62.7 Å². The van der Waals surface area contributed by atoms with Crippen molar-refractivity contribution in [2.75, 3.05) is 0 Å². The molecule has 22 heavy (non-hydrogen) atoms. The minimum Gasteiger partial charge on any atom is -0.507 e. The van der Waals surface area contributed by atoms with Crippen LogP contribution in [0, 0.1) is 3.57 Å². The first kappa shape index (κ1) is 16.0. The van der Waals surface area contributed by atoms with Crippen LogP contribution in [0.2, 0.25) is 0 Å². The van der Waals surface area contributed by atoms with E-state index < -0.39 is 11.8 Å². The van der Waals surface area contributed by atoms with Crippen molar-refractivity contribution in [1.29, 1.82) is 0 Å². The van der Waals surface area contributed by atoms with E-state index in [9.17, 15) is 19.8 Å². The van der Waals surface area contributed by atoms with Crippen molar-refractivity contribution in [3.63, 3.8) is 0 Å². The van der Waals surface area contributed by atoms with E-state index in [-0.39, 0.29) is 22.6 Å². The number of phenolic OH excluding ortho intramolecular Hbond substituents is 1. The average Bonchev–Trinajstić information content (AvgIpc) is 2.48. The third-order valence-electron chi connectivity index (χ3n) is 2.90. The third kappa shape index (κ3) is 3.64. The molecule has 0 fully saturated rings. The summed E-state index contributed by atoms with van der Waals surface area (Å²) in [5.41, 5.74) is 0.376. The summed E-state index contributed by atoms with van der Waals surface area (Å²) in [5, 5.41) is 28.0. The number of halogens is 1. The smallest absolute Gasteiger partial charge is 0.339 e. The number of benzene rings is 2. The van der Waals surface area contributed by atoms with Crippen LogP contribution in [0.4, 0.5) is 0 Å². The molecule has 2 rings (SSSR count). The molecule has 0 aliphatic heterocycles. The van der Waals surface area contributed by atoms with E-state index in [0.29, 0.717) is 5.56 Å². The third-order valence-corrected chi connectivity index (χ3v) is 3.57. The first-order chi connectivity index (χ1) is 10.4. The van der Waals surface area contributed by atoms with E-state index in [1.165, 1.54) is 36.4 Å². The number of allylic oxidation sites excluding steroid dienone is 1. The van der Waals surface area contributed by atoms with Gasteiger partial charge in [-0.3, -0.25) is 4.79 Å². The standard InChI is InChI=1S/C16H11IO5/c17-10-3-6-14(19)11(8-10)13(18)4-1-9-2-5-15(20)12(7-9)16(21)22/h1-8,19-20H,(H,21,22)/b4-1-. The summed E-state index contributed by atoms with van der Waals surface area (Å²) in [6, 6.07) is 8.66. The SMILES string of the molecule is O=C(O)c1cc(/C=C\C(=O)c2cc(I)ccc2O)ccc1O. The quantitative estimate of drug-likeness (QED) is 0.409. The fraction of sp³-hybridized carbons (Fsp3) is 0. The molecule has 0 amide bonds. The van der Waals surface area contributed by atoms with Gasteiger partial charge in [-0.1, -0.05) is 12.1 Å². The van der Waals surface area contributed by atoms with E-state index in [4.69, 9.17) is 5.11 Å². The van der Waals surface area contributed by atoms with Crippen molar-refractivity contribution >= 4 is 40.4 Å². The average molecular weight is 410 g/mol. The Hall–Kier alpha value is -2.35. The Morgan fingerprint density at radius 1 is 0.955 bits per heavy atom. The monoisotopic (exact) mass is 410 g/mol. The van der Waals surface area contributed by atoms with Gasteiger partial charge >= 0.3 is 5.97 Å². The van der Waals surface area contributed by atoms with Crippen molar-refractivity contribution in [3.8, 4) is 11.5 Å². The van der Waals surface area contributed by atoms with Crippen molar-refractivity contribution in [2.45, 2.75) is 0 Å². The summed E-state index contributed by atoms with van der Waals surface area (Å²) in [6.07, 6.45) is 2.66. The van der Waals surface area contributed by atoms with Crippen LogP contribution in [-0.4, -0.2) is 27.1 Å². The van der Waals surface area contributed by atoms with Gasteiger partial charge in [0.2, 0.25) is 0 Å². The Morgan fingerprint density at radius 3 is 2.27 bits per heavy atom. The molecule has 0 aliphatic rings. The van der Waals surface area contributed by atoms with Crippen LogP contribution in [0.3, 0.4) is 0 Å². The highest BCUT2D eigenvalue weighted by Gasteiger charge is 2.11. The highest BCUT2D eigenvalue weighted by atomic mass is 127. The number of carbonyl (C=O) groups is 2. The summed E-state index contributed by atoms with van der Waals surface area (Å²) in [7, 11) is 0. The number of carboxylic acids is 1. The predicted octanol–water partition coefficient (Wildman–Crippen LogP) is 3.30. The molecular weight excluding hydrogens is 399 g/mol. The molecule has 0 spiro atoms. The molecule has 0 heterocycles. The van der Waals surface area contributed by atoms with E-state index in [0.717, 1.165) is 3.57 Å². The summed E-state index contributed by atoms with van der Waals surface area (Å²) in [6.45, 7) is 0. The Labute approximate surface area is 139 Å². The van der Waals surface area contributed by atoms with Gasteiger partial charge in [-0.2, -0.15) is 0 Å². The van der Waals surface area contributed by atoms with Gasteiger partial charge < -0.3 is 15.3 Å². The number of aromatic hydroxyl groups is 2. The lowest BCUT2D eigenvalue weighted by atomic mass is 10.1. The first-order valence-corrected chi connectivity index (χ1v) is 7.23. The zero-order valence-corrected chi connectivity index (χ0v) is 13.3. The fourth-order valence-electron chi connectivity index (χ4n) is 1.80. The van der Waals surface area contributed by atoms with Gasteiger partial charge in [0.05, 0.1) is 5.56 Å². The number of carboxylic acid groups (broad SMARTS) is 1. The molecule has 0 aliphatic carbocycles. The molecule has 0 saturated carbocycles. The topological polar surface area (TPSA) is 94.8 Å². The number of hydrogen-bond acceptors (Lipinski definition) is 4. The molecule has 0 radical (unpaired) electrons. The van der Waals surface area contributed by atoms with Crippen LogP contribution < -0.4 is 0 Å². The van der Waals surface area contributed by atoms with Gasteiger partial charge in [0.25, 0.3) is 0 Å². The molecule has 2 aromatic carbocycles. The fourth-order valence-corrected chi connectivity index (χ4v) is 2.29. The Kier molecular flexibility index (Phi) is 4.81. The molecule has 0 unspecified atom stereocenters. The Morgan fingerprint density at radius 2 is 1.59 bits per heavy atom. The normalized spacial score (nSPS) is 10.8. The summed E-state index contributed by atoms with van der Waals surface area (Å²) < 4.78 is 0.810. The van der Waals surface area contributed by atoms with E-state index in [1.54, 1.807) is 12.1 Å². The Bertz CT molecular complexity index is 780. The highest BCUT2D eigenvalue weighted by Crippen LogP contribution is 2.22. The molecular formula is C16H11IO5. The van der Waals surface area contributed by atoms with Crippen LogP contribution in [-0.2, 0) is 0 Å². The first-order valence-electron chi connectivity index (χ1n) is 6.15. The van der Waals surface area contributed by atoms with Crippen LogP contribution in [0.15, 0.2) is 42.5 Å². The predicted molar refractivity (Wildman–Crippen MR) is 89.3 cm³/mol. The maximum atomic E-state index is 12.1. The molecule has 0 bridgehead atoms. The van der Waals surface area contributed by atoms with Crippen molar-refractivity contribution in [2.24, 2.45) is 0 Å². The van der Waals surface area contributed by atoms with E-state index in [1.807, 2.05) is 22.6 Å². The summed E-state index contributed by atoms with van der Waals surface area (Å²) in [4.78, 5) is 23.0. The van der Waals surface area contributed by atoms with E-state index in [2.05, 4.69) is 0 Å². The number of phenols is 2. The zero-order valence-electron chi connectivity index (χ0n) is 11.2. The second-order valence-electron chi connectivity index (χ2n) is 4.44. The second kappa shape index (κ2) is 6.61. The van der Waals surface area contributed by atoms with Crippen LogP contribution in [0.1, 0.15) is 26.3 Å². The molecule has 112 valence electrons. The molecule has 3 N–H and O–H groups in total. The van der Waals surface area contributed by atoms with Gasteiger partial charge in [-0.05, 0) is 64.6 Å². The van der Waals surface area contributed by atoms with Crippen LogP contribution in [0.5, 0.6) is 11.5 Å². The lowest BCUT2D eigenvalue weighted by Crippen LogP contribution is -1.98. The minimum atomic E-state index is -1.26. The van der Waals surface area contributed by atoms with Crippen molar-refractivity contribution in [1.82, 2.24) is 0 Å². The Balaban J connectivity index is 2.28. The van der Waals surface area contributed by atoms with Gasteiger partial charge in [0, 0.05) is 3.57 Å². The van der Waals surface area contributed by atoms with Crippen molar-refractivity contribution < 1.29 is 24.9 Å². The molecule has 5 nitrogen and oxygen atoms in total. The summed E-state index contributed by atoms with van der Waals surface area (Å²) in [5.74, 6) is -2.12. The maximum absolute atomic E-state index is 12.1. The number of rotatable bonds is 4. The lowest BCUT2D eigenvalue weighted by Gasteiger charge is -2.02. The van der Waals surface area contributed by atoms with Gasteiger partial charge in [-0.25, -0.2) is 4.79 Å². The molecule has 0 aromatic heterocycles. The van der Waals surface area contributed by atoms with Gasteiger partial charge in [0.15, 0.2) is 5.78 Å². The number of aromatic carboxylic acids is 1. The molecule has 2 aromatic rings. The summed E-state index contributed by atoms with van der Waals surface area (Å²) >= 11 is 2.03. The minimum absolute atomic E-state index is 0.119. The molecule has 0 saturated heterocycles. The molecule has 6 heteroatoms. The molecule has 0 atom stereocenters. The van der Waals surface area contributed by atoms with Crippen LogP contribution in [0.25, 0.3) is 6.08 Å². The lowest BCUT2D eigenvalue weighted by molar-refractivity contribution is 0.0693. The zero-order chi connectivity index (χ0) is 16.3. The maximum Gasteiger partial charge on any atom is 0.339 e. The second-order valence-corrected chi connectivity index (χ2v) is 5.69. The highest BCUT2D eigenvalue weighted by molar-refractivity contribution is 14.1. The van der Waals surface area contributed by atoms with Gasteiger partial charge in [-0.15, -0.1) is 0 Å². The number of carbonyl (C=O) groups excluding carboxylic acids is 1. The van der Waals surface area contributed by atoms with E-state index >= 15 is 0 Å².